The number of hydrogen-bond acceptors (Lipinski definition) is 0. The number of halogens is 5. The van der Waals surface area contributed by atoms with Crippen molar-refractivity contribution in [2.45, 2.75) is 58.0 Å². The molecule has 22 heavy (non-hydrogen) atoms. The Morgan fingerprint density at radius 3 is 1.59 bits per heavy atom. The molecule has 0 saturated heterocycles. The van der Waals surface area contributed by atoms with E-state index < -0.39 is 6.17 Å². The number of hydrogen-bond donors (Lipinski definition) is 0. The maximum absolute atomic E-state index is 12.9. The maximum atomic E-state index is 12.9. The van der Waals surface area contributed by atoms with Gasteiger partial charge in [-0.05, 0) is 31.6 Å². The van der Waals surface area contributed by atoms with Gasteiger partial charge >= 0.3 is 0 Å². The van der Waals surface area contributed by atoms with Crippen molar-refractivity contribution in [1.29, 1.82) is 0 Å². The van der Waals surface area contributed by atoms with Crippen LogP contribution in [-0.2, 0) is 0 Å². The zero-order valence-corrected chi connectivity index (χ0v) is 14.3. The van der Waals surface area contributed by atoms with E-state index in [0.29, 0.717) is 46.2 Å². The molecule has 2 nitrogen and oxygen atoms in total. The van der Waals surface area contributed by atoms with Gasteiger partial charge in [-0.3, -0.25) is 17.6 Å². The van der Waals surface area contributed by atoms with Crippen molar-refractivity contribution in [3.05, 3.63) is 0 Å². The van der Waals surface area contributed by atoms with Gasteiger partial charge in [0.05, 0.1) is 34.4 Å². The third-order valence-corrected chi connectivity index (χ3v) is 3.42. The van der Waals surface area contributed by atoms with Crippen LogP contribution in [0.15, 0.2) is 0 Å². The first-order valence-corrected chi connectivity index (χ1v) is 7.07. The van der Waals surface area contributed by atoms with Crippen LogP contribution in [0.1, 0.15) is 51.9 Å². The Kier molecular flexibility index (Phi) is 43.4. The fraction of sp³-hybridized carbons (Fsp3) is 1.00. The topological polar surface area (TPSA) is 63.0 Å². The molecule has 142 valence electrons. The van der Waals surface area contributed by atoms with Gasteiger partial charge in [0.25, 0.3) is 0 Å². The molecular weight excluding hydrogens is 307 g/mol. The van der Waals surface area contributed by atoms with Gasteiger partial charge < -0.3 is 11.0 Å². The maximum Gasteiger partial charge on any atom is 0.0976 e. The van der Waals surface area contributed by atoms with Gasteiger partial charge in [-0.15, -0.1) is 0 Å². The van der Waals surface area contributed by atoms with E-state index in [1.165, 1.54) is 32.1 Å². The molecule has 1 fully saturated rings. The van der Waals surface area contributed by atoms with Crippen molar-refractivity contribution < 1.29 is 32.9 Å². The average Bonchev–Trinajstić information content (AvgIpc) is 2.53. The summed E-state index contributed by atoms with van der Waals surface area (Å²) in [6.07, 6.45) is 6.57. The highest BCUT2D eigenvalue weighted by Gasteiger charge is 2.24. The lowest BCUT2D eigenvalue weighted by molar-refractivity contribution is 0.171. The van der Waals surface area contributed by atoms with Crippen molar-refractivity contribution >= 4 is 0 Å². The van der Waals surface area contributed by atoms with Gasteiger partial charge in [0.15, 0.2) is 0 Å². The molecule has 2 unspecified atom stereocenters. The summed E-state index contributed by atoms with van der Waals surface area (Å²) in [4.78, 5) is 0. The minimum atomic E-state index is -0.770. The van der Waals surface area contributed by atoms with Gasteiger partial charge in [0.2, 0.25) is 0 Å². The van der Waals surface area contributed by atoms with E-state index in [0.717, 1.165) is 0 Å². The Morgan fingerprint density at radius 2 is 1.27 bits per heavy atom. The lowest BCUT2D eigenvalue weighted by Crippen LogP contribution is -2.21. The van der Waals surface area contributed by atoms with Crippen molar-refractivity contribution in [2.24, 2.45) is 11.8 Å². The van der Waals surface area contributed by atoms with Crippen LogP contribution in [0.4, 0.5) is 22.0 Å². The largest absolute Gasteiger partial charge is 0.412 e. The lowest BCUT2D eigenvalue weighted by Gasteiger charge is -2.30. The molecule has 1 saturated carbocycles. The molecule has 0 aliphatic heterocycles. The molecule has 0 aromatic heterocycles. The molecular formula is C15H35F5O2. The second-order valence-corrected chi connectivity index (χ2v) is 4.65. The molecule has 1 aliphatic rings. The SMILES string of the molecule is CC(F)CC(CCF)C1CCCCC1.CF.CF.CF.O.O. The van der Waals surface area contributed by atoms with E-state index in [1.807, 2.05) is 0 Å². The summed E-state index contributed by atoms with van der Waals surface area (Å²) in [6.45, 7) is 1.31. The minimum absolute atomic E-state index is 0. The first-order chi connectivity index (χ1) is 9.74. The molecule has 0 bridgehead atoms. The van der Waals surface area contributed by atoms with Crippen molar-refractivity contribution in [3.8, 4) is 0 Å². The highest BCUT2D eigenvalue weighted by atomic mass is 19.1. The zero-order valence-electron chi connectivity index (χ0n) is 14.3. The molecule has 0 amide bonds. The van der Waals surface area contributed by atoms with Crippen molar-refractivity contribution in [2.75, 3.05) is 28.2 Å². The Bertz CT molecular complexity index is 157. The standard InChI is InChI=1S/C12H22F2.3CH3F.2H2O/c1-10(14)9-12(7-8-13)11-5-3-2-4-6-11;3*1-2;;/h10-12H,2-9H2,1H3;3*1H3;2*1H2. The number of alkyl halides is 5. The van der Waals surface area contributed by atoms with Crippen LogP contribution in [0, 0.1) is 11.8 Å². The first kappa shape index (κ1) is 33.2. The summed E-state index contributed by atoms with van der Waals surface area (Å²) in [6, 6.07) is 0. The predicted molar refractivity (Wildman–Crippen MR) is 84.2 cm³/mol. The van der Waals surface area contributed by atoms with E-state index in [-0.39, 0.29) is 17.6 Å². The van der Waals surface area contributed by atoms with Gasteiger partial charge in [-0.25, -0.2) is 4.39 Å². The van der Waals surface area contributed by atoms with Crippen LogP contribution < -0.4 is 0 Å². The van der Waals surface area contributed by atoms with Gasteiger partial charge in [0, 0.05) is 0 Å². The Labute approximate surface area is 132 Å². The normalized spacial score (nSPS) is 15.7. The quantitative estimate of drug-likeness (QED) is 0.665. The lowest BCUT2D eigenvalue weighted by atomic mass is 9.76. The molecule has 2 atom stereocenters. The van der Waals surface area contributed by atoms with Gasteiger partial charge in [-0.2, -0.15) is 0 Å². The summed E-state index contributed by atoms with van der Waals surface area (Å²) >= 11 is 0. The summed E-state index contributed by atoms with van der Waals surface area (Å²) in [5, 5.41) is 0. The van der Waals surface area contributed by atoms with Crippen LogP contribution in [-0.4, -0.2) is 45.3 Å². The molecule has 0 aromatic rings. The van der Waals surface area contributed by atoms with Gasteiger partial charge in [-0.1, -0.05) is 32.1 Å². The molecule has 1 rings (SSSR count). The summed E-state index contributed by atoms with van der Waals surface area (Å²) in [5.74, 6) is 0.887. The Morgan fingerprint density at radius 1 is 0.864 bits per heavy atom. The van der Waals surface area contributed by atoms with Crippen LogP contribution in [0.2, 0.25) is 0 Å². The highest BCUT2D eigenvalue weighted by Crippen LogP contribution is 2.34. The van der Waals surface area contributed by atoms with E-state index in [4.69, 9.17) is 0 Å². The second-order valence-electron chi connectivity index (χ2n) is 4.65. The monoisotopic (exact) mass is 342 g/mol. The molecule has 0 aromatic carbocycles. The van der Waals surface area contributed by atoms with E-state index >= 15 is 0 Å². The van der Waals surface area contributed by atoms with Crippen LogP contribution in [0.3, 0.4) is 0 Å². The third-order valence-electron chi connectivity index (χ3n) is 3.42. The van der Waals surface area contributed by atoms with Gasteiger partial charge in [0.1, 0.15) is 0 Å². The van der Waals surface area contributed by atoms with Crippen LogP contribution in [0.25, 0.3) is 0 Å². The Hall–Kier alpha value is -0.430. The van der Waals surface area contributed by atoms with E-state index in [2.05, 4.69) is 0 Å². The summed E-state index contributed by atoms with van der Waals surface area (Å²) in [7, 11) is 1.50. The van der Waals surface area contributed by atoms with Crippen LogP contribution in [0.5, 0.6) is 0 Å². The molecule has 0 heterocycles. The molecule has 7 heteroatoms. The minimum Gasteiger partial charge on any atom is -0.412 e. The fourth-order valence-electron chi connectivity index (χ4n) is 2.71. The van der Waals surface area contributed by atoms with Crippen molar-refractivity contribution in [1.82, 2.24) is 0 Å². The predicted octanol–water partition coefficient (Wildman–Crippen LogP) is 4.40. The first-order valence-electron chi connectivity index (χ1n) is 7.07. The second kappa shape index (κ2) is 28.7. The van der Waals surface area contributed by atoms with E-state index in [9.17, 15) is 22.0 Å². The van der Waals surface area contributed by atoms with Crippen molar-refractivity contribution in [3.63, 3.8) is 0 Å². The smallest absolute Gasteiger partial charge is 0.0976 e. The molecule has 0 spiro atoms. The summed E-state index contributed by atoms with van der Waals surface area (Å²) < 4.78 is 53.7. The fourth-order valence-corrected chi connectivity index (χ4v) is 2.71. The summed E-state index contributed by atoms with van der Waals surface area (Å²) in [5.41, 5.74) is 0. The molecule has 4 N–H and O–H groups in total. The number of rotatable bonds is 5. The molecule has 0 radical (unpaired) electrons. The zero-order chi connectivity index (χ0) is 16.4. The molecule has 1 aliphatic carbocycles. The third kappa shape index (κ3) is 19.6. The average molecular weight is 342 g/mol. The van der Waals surface area contributed by atoms with Crippen LogP contribution >= 0.6 is 0 Å². The highest BCUT2D eigenvalue weighted by molar-refractivity contribution is 4.75. The Balaban J connectivity index is -0.000000108. The van der Waals surface area contributed by atoms with E-state index in [1.54, 1.807) is 6.92 Å².